The van der Waals surface area contributed by atoms with Crippen molar-refractivity contribution in [2.75, 3.05) is 18.4 Å². The molecular formula is C16H19N5O2. The van der Waals surface area contributed by atoms with Crippen LogP contribution in [-0.2, 0) is 10.4 Å². The number of carbonyl (C=O) groups excluding carboxylic acids is 1. The number of amides is 1. The molecule has 1 amide bonds. The van der Waals surface area contributed by atoms with E-state index < -0.39 is 11.5 Å². The lowest BCUT2D eigenvalue weighted by atomic mass is 9.93. The summed E-state index contributed by atoms with van der Waals surface area (Å²) in [4.78, 5) is 16.1. The lowest BCUT2D eigenvalue weighted by Gasteiger charge is -2.23. The molecule has 1 unspecified atom stereocenters. The number of piperidine rings is 1. The van der Waals surface area contributed by atoms with Crippen LogP contribution in [0.4, 0.5) is 5.82 Å². The van der Waals surface area contributed by atoms with Crippen molar-refractivity contribution < 1.29 is 9.90 Å². The molecule has 0 radical (unpaired) electrons. The average molecular weight is 313 g/mol. The Labute approximate surface area is 133 Å². The number of aromatic nitrogens is 3. The van der Waals surface area contributed by atoms with E-state index in [4.69, 9.17) is 0 Å². The zero-order valence-electron chi connectivity index (χ0n) is 12.9. The van der Waals surface area contributed by atoms with Gasteiger partial charge in [-0.15, -0.1) is 0 Å². The molecule has 23 heavy (non-hydrogen) atoms. The maximum atomic E-state index is 12.0. The molecule has 0 aliphatic carbocycles. The van der Waals surface area contributed by atoms with E-state index in [0.29, 0.717) is 17.4 Å². The summed E-state index contributed by atoms with van der Waals surface area (Å²) in [5, 5.41) is 21.2. The fraction of sp³-hybridized carbons (Fsp3) is 0.438. The lowest BCUT2D eigenvalue weighted by Crippen LogP contribution is -2.30. The molecule has 1 saturated heterocycles. The van der Waals surface area contributed by atoms with Crippen LogP contribution in [-0.4, -0.2) is 38.9 Å². The number of nitrogens with one attached hydrogen (secondary N) is 2. The quantitative estimate of drug-likeness (QED) is 0.770. The highest BCUT2D eigenvalue weighted by molar-refractivity contribution is 6.05. The molecule has 0 saturated carbocycles. The van der Waals surface area contributed by atoms with Crippen molar-refractivity contribution >= 4 is 11.7 Å². The van der Waals surface area contributed by atoms with Crippen molar-refractivity contribution in [2.24, 2.45) is 0 Å². The number of nitrogens with zero attached hydrogens (tertiary/aromatic N) is 3. The fourth-order valence-electron chi connectivity index (χ4n) is 3.36. The van der Waals surface area contributed by atoms with Crippen molar-refractivity contribution in [3.05, 3.63) is 30.1 Å². The van der Waals surface area contributed by atoms with Crippen molar-refractivity contribution in [2.45, 2.75) is 31.4 Å². The molecule has 0 aromatic carbocycles. The van der Waals surface area contributed by atoms with Gasteiger partial charge in [-0.25, -0.2) is 4.98 Å². The second kappa shape index (κ2) is 5.14. The molecule has 1 fully saturated rings. The molecule has 7 heteroatoms. The Morgan fingerprint density at radius 1 is 1.35 bits per heavy atom. The van der Waals surface area contributed by atoms with Gasteiger partial charge in [0.25, 0.3) is 5.91 Å². The topological polar surface area (TPSA) is 92.1 Å². The average Bonchev–Trinajstić information content (AvgIpc) is 3.13. The van der Waals surface area contributed by atoms with E-state index in [1.807, 2.05) is 16.9 Å². The Bertz CT molecular complexity index is 762. The van der Waals surface area contributed by atoms with Crippen LogP contribution in [0.25, 0.3) is 11.3 Å². The predicted molar refractivity (Wildman–Crippen MR) is 84.8 cm³/mol. The third kappa shape index (κ3) is 2.24. The van der Waals surface area contributed by atoms with Gasteiger partial charge in [-0.2, -0.15) is 5.10 Å². The van der Waals surface area contributed by atoms with E-state index in [2.05, 4.69) is 20.7 Å². The van der Waals surface area contributed by atoms with Crippen LogP contribution in [0.15, 0.2) is 24.5 Å². The Kier molecular flexibility index (Phi) is 3.21. The van der Waals surface area contributed by atoms with Gasteiger partial charge in [-0.05, 0) is 45.0 Å². The van der Waals surface area contributed by atoms with E-state index >= 15 is 0 Å². The minimum atomic E-state index is -1.59. The highest BCUT2D eigenvalue weighted by Gasteiger charge is 2.44. The van der Waals surface area contributed by atoms with E-state index in [1.165, 1.54) is 6.92 Å². The van der Waals surface area contributed by atoms with Crippen LogP contribution >= 0.6 is 0 Å². The van der Waals surface area contributed by atoms with Crippen molar-refractivity contribution in [1.82, 2.24) is 20.1 Å². The van der Waals surface area contributed by atoms with Gasteiger partial charge in [0, 0.05) is 23.5 Å². The van der Waals surface area contributed by atoms with Gasteiger partial charge in [0.15, 0.2) is 5.60 Å². The minimum Gasteiger partial charge on any atom is -0.375 e. The number of pyridine rings is 1. The lowest BCUT2D eigenvalue weighted by molar-refractivity contribution is -0.131. The first kappa shape index (κ1) is 14.3. The Morgan fingerprint density at radius 2 is 2.13 bits per heavy atom. The number of anilines is 1. The van der Waals surface area contributed by atoms with Crippen LogP contribution in [0, 0.1) is 0 Å². The van der Waals surface area contributed by atoms with Crippen LogP contribution < -0.4 is 10.6 Å². The Hall–Kier alpha value is -2.25. The zero-order valence-corrected chi connectivity index (χ0v) is 12.9. The first-order chi connectivity index (χ1) is 11.1. The number of carbonyl (C=O) groups is 1. The second-order valence-corrected chi connectivity index (χ2v) is 6.27. The first-order valence-corrected chi connectivity index (χ1v) is 7.87. The molecule has 2 aromatic heterocycles. The molecule has 7 nitrogen and oxygen atoms in total. The number of fused-ring (bicyclic) bond motifs is 1. The number of rotatable bonds is 2. The highest BCUT2D eigenvalue weighted by Crippen LogP contribution is 2.40. The van der Waals surface area contributed by atoms with Crippen molar-refractivity contribution in [1.29, 1.82) is 0 Å². The molecule has 2 aliphatic heterocycles. The van der Waals surface area contributed by atoms with Crippen LogP contribution in [0.3, 0.4) is 0 Å². The number of hydrogen-bond acceptors (Lipinski definition) is 5. The standard InChI is InChI=1S/C16H19N5O2/c1-16(23)13-11(4-8-18-14(13)19-15(16)22)12-5-9-21(20-12)10-2-6-17-7-3-10/h4-5,8-10,17,23H,2-3,6-7H2,1H3,(H,18,19,22). The fourth-order valence-corrected chi connectivity index (χ4v) is 3.36. The molecule has 0 spiro atoms. The summed E-state index contributed by atoms with van der Waals surface area (Å²) in [6.07, 6.45) is 5.69. The number of aliphatic hydroxyl groups is 1. The first-order valence-electron chi connectivity index (χ1n) is 7.87. The largest absolute Gasteiger partial charge is 0.375 e. The molecular weight excluding hydrogens is 294 g/mol. The van der Waals surface area contributed by atoms with Gasteiger partial charge >= 0.3 is 0 Å². The molecule has 120 valence electrons. The van der Waals surface area contributed by atoms with E-state index in [-0.39, 0.29) is 0 Å². The van der Waals surface area contributed by atoms with Gasteiger partial charge in [0.1, 0.15) is 5.82 Å². The minimum absolute atomic E-state index is 0.389. The van der Waals surface area contributed by atoms with Gasteiger partial charge in [0.05, 0.1) is 11.7 Å². The predicted octanol–water partition coefficient (Wildman–Crippen LogP) is 1.03. The monoisotopic (exact) mass is 313 g/mol. The molecule has 2 aromatic rings. The van der Waals surface area contributed by atoms with E-state index in [9.17, 15) is 9.90 Å². The maximum absolute atomic E-state index is 12.0. The van der Waals surface area contributed by atoms with E-state index in [1.54, 1.807) is 12.3 Å². The van der Waals surface area contributed by atoms with Crippen LogP contribution in [0.5, 0.6) is 0 Å². The molecule has 2 aliphatic rings. The maximum Gasteiger partial charge on any atom is 0.262 e. The summed E-state index contributed by atoms with van der Waals surface area (Å²) >= 11 is 0. The van der Waals surface area contributed by atoms with Crippen molar-refractivity contribution in [3.63, 3.8) is 0 Å². The highest BCUT2D eigenvalue weighted by atomic mass is 16.3. The molecule has 1 atom stereocenters. The second-order valence-electron chi connectivity index (χ2n) is 6.27. The Balaban J connectivity index is 1.74. The smallest absolute Gasteiger partial charge is 0.262 e. The normalized spacial score (nSPS) is 24.5. The summed E-state index contributed by atoms with van der Waals surface area (Å²) in [5.41, 5.74) is 0.405. The zero-order chi connectivity index (χ0) is 16.0. The van der Waals surface area contributed by atoms with Crippen molar-refractivity contribution in [3.8, 4) is 11.3 Å². The molecule has 4 rings (SSSR count). The van der Waals surface area contributed by atoms with Gasteiger partial charge in [0.2, 0.25) is 0 Å². The summed E-state index contributed by atoms with van der Waals surface area (Å²) in [6.45, 7) is 3.48. The Morgan fingerprint density at radius 3 is 2.91 bits per heavy atom. The van der Waals surface area contributed by atoms with Gasteiger partial charge in [-0.3, -0.25) is 9.48 Å². The van der Waals surface area contributed by atoms with Crippen LogP contribution in [0.1, 0.15) is 31.4 Å². The third-order valence-corrected chi connectivity index (χ3v) is 4.68. The molecule has 0 bridgehead atoms. The van der Waals surface area contributed by atoms with Crippen LogP contribution in [0.2, 0.25) is 0 Å². The summed E-state index contributed by atoms with van der Waals surface area (Å²) in [5.74, 6) is -0.0425. The summed E-state index contributed by atoms with van der Waals surface area (Å²) in [7, 11) is 0. The van der Waals surface area contributed by atoms with Gasteiger partial charge in [-0.1, -0.05) is 0 Å². The number of hydrogen-bond donors (Lipinski definition) is 3. The third-order valence-electron chi connectivity index (χ3n) is 4.68. The SMILES string of the molecule is CC1(O)C(=O)Nc2nccc(-c3ccn(C4CCNCC4)n3)c21. The molecule has 4 heterocycles. The summed E-state index contributed by atoms with van der Waals surface area (Å²) in [6, 6.07) is 4.11. The summed E-state index contributed by atoms with van der Waals surface area (Å²) < 4.78 is 1.99. The van der Waals surface area contributed by atoms with Gasteiger partial charge < -0.3 is 15.7 Å². The van der Waals surface area contributed by atoms with E-state index in [0.717, 1.165) is 37.2 Å². The molecule has 3 N–H and O–H groups in total.